The molecule has 0 bridgehead atoms. The molecule has 4 aromatic rings. The van der Waals surface area contributed by atoms with Gasteiger partial charge in [0, 0.05) is 60.4 Å². The topological polar surface area (TPSA) is 143 Å². The van der Waals surface area contributed by atoms with Crippen LogP contribution in [0.15, 0.2) is 48.8 Å². The Bertz CT molecular complexity index is 1670. The fraction of sp³-hybridized carbons (Fsp3) is 0.344. The summed E-state index contributed by atoms with van der Waals surface area (Å²) >= 11 is 14.0. The zero-order valence-electron chi connectivity index (χ0n) is 25.2. The molecule has 45 heavy (non-hydrogen) atoms. The molecule has 2 aromatic carbocycles. The fourth-order valence-electron chi connectivity index (χ4n) is 5.03. The second-order valence-corrected chi connectivity index (χ2v) is 11.4. The molecule has 0 radical (unpaired) electrons. The first-order valence-corrected chi connectivity index (χ1v) is 15.3. The highest BCUT2D eigenvalue weighted by atomic mass is 35.5. The number of aromatic nitrogens is 4. The molecule has 3 heterocycles. The Morgan fingerprint density at radius 1 is 0.911 bits per heavy atom. The third-order valence-electron chi connectivity index (χ3n) is 7.51. The Balaban J connectivity index is 1.40. The van der Waals surface area contributed by atoms with Crippen LogP contribution < -0.4 is 25.4 Å². The third-order valence-corrected chi connectivity index (χ3v) is 8.32. The van der Waals surface area contributed by atoms with Crippen molar-refractivity contribution in [3.8, 4) is 45.4 Å². The van der Waals surface area contributed by atoms with E-state index in [1.54, 1.807) is 19.5 Å². The highest BCUT2D eigenvalue weighted by Gasteiger charge is 2.21. The molecule has 13 heteroatoms. The maximum Gasteiger partial charge on any atom is 0.237 e. The number of aliphatic hydroxyl groups is 1. The molecule has 1 aliphatic rings. The van der Waals surface area contributed by atoms with Gasteiger partial charge in [0.15, 0.2) is 0 Å². The third kappa shape index (κ3) is 7.51. The van der Waals surface area contributed by atoms with Gasteiger partial charge in [-0.3, -0.25) is 14.8 Å². The number of hydrogen-bond donors (Lipinski definition) is 4. The molecule has 2 atom stereocenters. The smallest absolute Gasteiger partial charge is 0.237 e. The van der Waals surface area contributed by atoms with E-state index in [0.29, 0.717) is 92.9 Å². The lowest BCUT2D eigenvalue weighted by Gasteiger charge is -2.16. The predicted octanol–water partition coefficient (Wildman–Crippen LogP) is 4.43. The number of benzene rings is 2. The summed E-state index contributed by atoms with van der Waals surface area (Å²) in [7, 11) is 3.09. The average Bonchev–Trinajstić information content (AvgIpc) is 3.48. The Labute approximate surface area is 271 Å². The molecule has 236 valence electrons. The fourth-order valence-corrected chi connectivity index (χ4v) is 5.68. The van der Waals surface area contributed by atoms with Crippen molar-refractivity contribution in [1.82, 2.24) is 35.9 Å². The van der Waals surface area contributed by atoms with Gasteiger partial charge in [-0.15, -0.1) is 0 Å². The van der Waals surface area contributed by atoms with E-state index >= 15 is 0 Å². The molecule has 1 amide bonds. The molecule has 1 fully saturated rings. The van der Waals surface area contributed by atoms with Crippen LogP contribution in [-0.2, 0) is 17.9 Å². The van der Waals surface area contributed by atoms with Crippen molar-refractivity contribution in [3.63, 3.8) is 0 Å². The van der Waals surface area contributed by atoms with Crippen molar-refractivity contribution in [3.05, 3.63) is 70.2 Å². The number of methoxy groups -OCH3 is 2. The Morgan fingerprint density at radius 3 is 1.93 bits per heavy atom. The van der Waals surface area contributed by atoms with E-state index in [2.05, 4.69) is 30.9 Å². The van der Waals surface area contributed by atoms with Gasteiger partial charge in [-0.1, -0.05) is 59.6 Å². The highest BCUT2D eigenvalue weighted by molar-refractivity contribution is 6.39. The van der Waals surface area contributed by atoms with E-state index < -0.39 is 0 Å². The van der Waals surface area contributed by atoms with Crippen molar-refractivity contribution >= 4 is 29.1 Å². The number of hydrogen-bond acceptors (Lipinski definition) is 10. The monoisotopic (exact) mass is 651 g/mol. The minimum atomic E-state index is -0.0945. The maximum absolute atomic E-state index is 11.5. The van der Waals surface area contributed by atoms with Gasteiger partial charge in [0.25, 0.3) is 0 Å². The van der Waals surface area contributed by atoms with Crippen molar-refractivity contribution in [1.29, 1.82) is 0 Å². The molecule has 0 saturated carbocycles. The van der Waals surface area contributed by atoms with Crippen molar-refractivity contribution in [2.45, 2.75) is 44.9 Å². The Hall–Kier alpha value is -3.87. The van der Waals surface area contributed by atoms with Crippen molar-refractivity contribution < 1.29 is 19.4 Å². The lowest BCUT2D eigenvalue weighted by Crippen LogP contribution is -2.35. The van der Waals surface area contributed by atoms with Gasteiger partial charge in [0.2, 0.25) is 17.7 Å². The van der Waals surface area contributed by atoms with Crippen LogP contribution in [0.1, 0.15) is 31.2 Å². The number of aliphatic hydroxyl groups excluding tert-OH is 1. The summed E-state index contributed by atoms with van der Waals surface area (Å²) in [5, 5.41) is 19.7. The first-order valence-electron chi connectivity index (χ1n) is 14.5. The highest BCUT2D eigenvalue weighted by Crippen LogP contribution is 2.42. The summed E-state index contributed by atoms with van der Waals surface area (Å²) in [5.74, 6) is 0.828. The number of carbonyl (C=O) groups excluding carboxylic acids is 1. The number of halogens is 2. The zero-order chi connectivity index (χ0) is 31.9. The number of amides is 1. The summed E-state index contributed by atoms with van der Waals surface area (Å²) < 4.78 is 11.1. The summed E-state index contributed by atoms with van der Waals surface area (Å²) in [6.07, 6.45) is 4.68. The first-order chi connectivity index (χ1) is 21.8. The molecule has 0 spiro atoms. The van der Waals surface area contributed by atoms with Gasteiger partial charge < -0.3 is 30.5 Å². The first kappa shape index (κ1) is 32.5. The van der Waals surface area contributed by atoms with E-state index in [1.807, 2.05) is 43.3 Å². The lowest BCUT2D eigenvalue weighted by molar-refractivity contribution is -0.119. The summed E-state index contributed by atoms with van der Waals surface area (Å²) in [6.45, 7) is 3.34. The lowest BCUT2D eigenvalue weighted by atomic mass is 9.98. The maximum atomic E-state index is 11.5. The standard InChI is InChI=1S/C32H35Cl2N7O4/c1-18(17-42)36-16-27-32(45-3)41-25(15-38-27)23-9-5-7-21(30(23)34)20-6-4-8-22(29(20)33)24-14-37-26(31(40-24)44-2)13-35-12-19-10-11-28(43)39-19/h4-9,14-15,18-19,35-36,42H,10-13,16-17H2,1-3H3,(H,39,43). The van der Waals surface area contributed by atoms with Crippen LogP contribution in [0.5, 0.6) is 11.8 Å². The quantitative estimate of drug-likeness (QED) is 0.164. The number of ether oxygens (including phenoxy) is 2. The zero-order valence-corrected chi connectivity index (χ0v) is 26.7. The molecule has 2 unspecified atom stereocenters. The van der Waals surface area contributed by atoms with Crippen LogP contribution >= 0.6 is 23.2 Å². The molecule has 5 rings (SSSR count). The minimum absolute atomic E-state index is 0.00613. The summed E-state index contributed by atoms with van der Waals surface area (Å²) in [5.41, 5.74) is 5.12. The molecule has 2 aromatic heterocycles. The van der Waals surface area contributed by atoms with Crippen LogP contribution in [0.4, 0.5) is 0 Å². The number of nitrogens with one attached hydrogen (secondary N) is 3. The van der Waals surface area contributed by atoms with E-state index in [-0.39, 0.29) is 24.6 Å². The van der Waals surface area contributed by atoms with E-state index in [4.69, 9.17) is 37.7 Å². The molecule has 1 aliphatic heterocycles. The van der Waals surface area contributed by atoms with Gasteiger partial charge in [-0.2, -0.15) is 0 Å². The normalized spacial score (nSPS) is 15.2. The van der Waals surface area contributed by atoms with E-state index in [1.165, 1.54) is 7.11 Å². The van der Waals surface area contributed by atoms with Gasteiger partial charge in [0.1, 0.15) is 11.4 Å². The van der Waals surface area contributed by atoms with Crippen molar-refractivity contribution in [2.75, 3.05) is 27.4 Å². The van der Waals surface area contributed by atoms with Gasteiger partial charge in [-0.05, 0) is 13.3 Å². The van der Waals surface area contributed by atoms with E-state index in [0.717, 1.165) is 6.42 Å². The predicted molar refractivity (Wildman–Crippen MR) is 173 cm³/mol. The molecule has 0 aliphatic carbocycles. The van der Waals surface area contributed by atoms with Crippen LogP contribution in [0.3, 0.4) is 0 Å². The van der Waals surface area contributed by atoms with Gasteiger partial charge in [-0.25, -0.2) is 9.97 Å². The van der Waals surface area contributed by atoms with Gasteiger partial charge >= 0.3 is 0 Å². The van der Waals surface area contributed by atoms with Crippen LogP contribution in [0.25, 0.3) is 33.6 Å². The molecule has 4 N–H and O–H groups in total. The minimum Gasteiger partial charge on any atom is -0.480 e. The van der Waals surface area contributed by atoms with Crippen LogP contribution in [-0.4, -0.2) is 70.4 Å². The SMILES string of the molecule is COc1nc(-c2cccc(-c3cccc(-c4cnc(CNC(C)CO)c(OC)n4)c3Cl)c2Cl)cnc1CNCC1CCC(=O)N1. The number of nitrogens with zero attached hydrogens (tertiary/aromatic N) is 4. The largest absolute Gasteiger partial charge is 0.480 e. The number of rotatable bonds is 13. The van der Waals surface area contributed by atoms with Crippen LogP contribution in [0.2, 0.25) is 10.0 Å². The molecular formula is C32H35Cl2N7O4. The summed E-state index contributed by atoms with van der Waals surface area (Å²) in [6, 6.07) is 11.3. The van der Waals surface area contributed by atoms with E-state index in [9.17, 15) is 9.90 Å². The molecule has 1 saturated heterocycles. The Morgan fingerprint density at radius 2 is 1.44 bits per heavy atom. The average molecular weight is 653 g/mol. The van der Waals surface area contributed by atoms with Crippen molar-refractivity contribution in [2.24, 2.45) is 0 Å². The Kier molecular flexibility index (Phi) is 10.8. The second kappa shape index (κ2) is 14.9. The molecular weight excluding hydrogens is 617 g/mol. The molecule has 11 nitrogen and oxygen atoms in total. The van der Waals surface area contributed by atoms with Crippen LogP contribution in [0, 0.1) is 0 Å². The summed E-state index contributed by atoms with van der Waals surface area (Å²) in [4.78, 5) is 30.0. The second-order valence-electron chi connectivity index (χ2n) is 10.7. The van der Waals surface area contributed by atoms with Gasteiger partial charge in [0.05, 0.1) is 54.7 Å². The number of carbonyl (C=O) groups is 1.